The minimum atomic E-state index is 0.404. The van der Waals surface area contributed by atoms with Crippen molar-refractivity contribution in [2.75, 3.05) is 11.4 Å². The molecule has 2 aliphatic rings. The van der Waals surface area contributed by atoms with Crippen molar-refractivity contribution < 1.29 is 0 Å². The van der Waals surface area contributed by atoms with Gasteiger partial charge in [0.25, 0.3) is 0 Å². The summed E-state index contributed by atoms with van der Waals surface area (Å²) in [6, 6.07) is 8.20. The van der Waals surface area contributed by atoms with E-state index >= 15 is 0 Å². The Balaban J connectivity index is 2.00. The molecule has 20 heavy (non-hydrogen) atoms. The average molecular weight is 394 g/mol. The maximum absolute atomic E-state index is 9.22. The Bertz CT molecular complexity index is 725. The molecule has 0 amide bonds. The number of hydrogen-bond donors (Lipinski definition) is 2. The second kappa shape index (κ2) is 5.00. The number of nitriles is 1. The lowest BCUT2D eigenvalue weighted by molar-refractivity contribution is 0.961. The third kappa shape index (κ3) is 2.13. The van der Waals surface area contributed by atoms with Crippen molar-refractivity contribution in [1.82, 2.24) is 5.32 Å². The molecule has 0 fully saturated rings. The number of nitrogens with zero attached hydrogens (tertiary/aromatic N) is 2. The van der Waals surface area contributed by atoms with Crippen molar-refractivity contribution in [1.29, 1.82) is 5.26 Å². The Morgan fingerprint density at radius 3 is 2.80 bits per heavy atom. The molecule has 100 valence electrons. The lowest BCUT2D eigenvalue weighted by atomic mass is 10.0. The molecule has 0 bridgehead atoms. The fraction of sp³-hybridized carbons (Fsp3) is 0.0714. The van der Waals surface area contributed by atoms with Crippen LogP contribution in [0.15, 0.2) is 62.1 Å². The summed E-state index contributed by atoms with van der Waals surface area (Å²) in [5.41, 5.74) is 9.31. The van der Waals surface area contributed by atoms with Gasteiger partial charge in [-0.2, -0.15) is 5.26 Å². The van der Waals surface area contributed by atoms with Gasteiger partial charge in [0.15, 0.2) is 0 Å². The topological polar surface area (TPSA) is 65.1 Å². The van der Waals surface area contributed by atoms with Crippen LogP contribution < -0.4 is 16.0 Å². The summed E-state index contributed by atoms with van der Waals surface area (Å²) in [5, 5.41) is 12.2. The van der Waals surface area contributed by atoms with Gasteiger partial charge in [0.05, 0.1) is 0 Å². The van der Waals surface area contributed by atoms with Crippen LogP contribution in [-0.4, -0.2) is 6.54 Å². The first-order valence-electron chi connectivity index (χ1n) is 5.90. The standard InChI is InChI=1S/C14H10Br2N4/c15-12-2-1-9(3-13(12)16)20-6-8-5-19-14(18)10(4-17)11(8)7-20/h1-3,5,7,19H,6,18H2. The van der Waals surface area contributed by atoms with Crippen molar-refractivity contribution in [3.05, 3.63) is 62.1 Å². The molecule has 4 nitrogen and oxygen atoms in total. The number of anilines is 1. The second-order valence-corrected chi connectivity index (χ2v) is 6.19. The Hall–Kier alpha value is -1.71. The van der Waals surface area contributed by atoms with Crippen LogP contribution in [0.5, 0.6) is 0 Å². The number of rotatable bonds is 1. The summed E-state index contributed by atoms with van der Waals surface area (Å²) in [5.74, 6) is 0.404. The first-order chi connectivity index (χ1) is 9.60. The largest absolute Gasteiger partial charge is 0.384 e. The van der Waals surface area contributed by atoms with Crippen LogP contribution in [0.2, 0.25) is 0 Å². The molecule has 1 aromatic rings. The van der Waals surface area contributed by atoms with E-state index in [2.05, 4.69) is 48.1 Å². The maximum Gasteiger partial charge on any atom is 0.119 e. The number of halogens is 2. The van der Waals surface area contributed by atoms with E-state index in [1.807, 2.05) is 30.6 Å². The van der Waals surface area contributed by atoms with Crippen LogP contribution in [-0.2, 0) is 0 Å². The molecule has 2 aliphatic heterocycles. The zero-order chi connectivity index (χ0) is 14.3. The monoisotopic (exact) mass is 392 g/mol. The molecular weight excluding hydrogens is 384 g/mol. The van der Waals surface area contributed by atoms with Gasteiger partial charge in [-0.05, 0) is 55.6 Å². The number of hydrogen-bond acceptors (Lipinski definition) is 4. The molecule has 0 saturated carbocycles. The summed E-state index contributed by atoms with van der Waals surface area (Å²) in [7, 11) is 0. The molecule has 0 aliphatic carbocycles. The maximum atomic E-state index is 9.22. The smallest absolute Gasteiger partial charge is 0.119 e. The van der Waals surface area contributed by atoms with Gasteiger partial charge in [-0.15, -0.1) is 0 Å². The summed E-state index contributed by atoms with van der Waals surface area (Å²) < 4.78 is 2.00. The van der Waals surface area contributed by atoms with Crippen LogP contribution in [0.4, 0.5) is 5.69 Å². The van der Waals surface area contributed by atoms with Crippen molar-refractivity contribution >= 4 is 37.5 Å². The molecule has 6 heteroatoms. The normalized spacial score (nSPS) is 17.1. The molecule has 1 aromatic carbocycles. The van der Waals surface area contributed by atoms with Crippen LogP contribution in [0.1, 0.15) is 0 Å². The van der Waals surface area contributed by atoms with Crippen molar-refractivity contribution in [3.63, 3.8) is 0 Å². The quantitative estimate of drug-likeness (QED) is 0.769. The molecular formula is C14H10Br2N4. The highest BCUT2D eigenvalue weighted by molar-refractivity contribution is 9.13. The fourth-order valence-corrected chi connectivity index (χ4v) is 2.85. The number of allylic oxidation sites excluding steroid dienone is 1. The predicted molar refractivity (Wildman–Crippen MR) is 85.3 cm³/mol. The summed E-state index contributed by atoms with van der Waals surface area (Å²) >= 11 is 6.96. The van der Waals surface area contributed by atoms with E-state index in [1.54, 1.807) is 0 Å². The molecule has 0 saturated heterocycles. The minimum Gasteiger partial charge on any atom is -0.384 e. The minimum absolute atomic E-state index is 0.404. The van der Waals surface area contributed by atoms with Crippen molar-refractivity contribution in [2.24, 2.45) is 5.73 Å². The van der Waals surface area contributed by atoms with Gasteiger partial charge < -0.3 is 16.0 Å². The molecule has 3 rings (SSSR count). The third-order valence-corrected chi connectivity index (χ3v) is 5.14. The van der Waals surface area contributed by atoms with Gasteiger partial charge in [0.2, 0.25) is 0 Å². The summed E-state index contributed by atoms with van der Waals surface area (Å²) in [6.07, 6.45) is 3.82. The van der Waals surface area contributed by atoms with Crippen LogP contribution in [0.25, 0.3) is 0 Å². The van der Waals surface area contributed by atoms with E-state index in [4.69, 9.17) is 5.73 Å². The van der Waals surface area contributed by atoms with E-state index in [1.165, 1.54) is 0 Å². The van der Waals surface area contributed by atoms with Gasteiger partial charge in [-0.3, -0.25) is 0 Å². The highest BCUT2D eigenvalue weighted by atomic mass is 79.9. The molecule has 0 radical (unpaired) electrons. The molecule has 3 N–H and O–H groups in total. The van der Waals surface area contributed by atoms with Crippen LogP contribution in [0.3, 0.4) is 0 Å². The van der Waals surface area contributed by atoms with E-state index in [-0.39, 0.29) is 0 Å². The van der Waals surface area contributed by atoms with Gasteiger partial charge in [0.1, 0.15) is 17.5 Å². The van der Waals surface area contributed by atoms with Gasteiger partial charge >= 0.3 is 0 Å². The van der Waals surface area contributed by atoms with Crippen LogP contribution >= 0.6 is 31.9 Å². The third-order valence-electron chi connectivity index (χ3n) is 3.26. The Morgan fingerprint density at radius 1 is 1.30 bits per heavy atom. The number of fused-ring (bicyclic) bond motifs is 1. The van der Waals surface area contributed by atoms with E-state index in [9.17, 15) is 5.26 Å². The highest BCUT2D eigenvalue weighted by Gasteiger charge is 2.26. The van der Waals surface area contributed by atoms with Crippen molar-refractivity contribution in [3.8, 4) is 6.07 Å². The number of dihydropyridines is 1. The van der Waals surface area contributed by atoms with Crippen LogP contribution in [0, 0.1) is 11.3 Å². The van der Waals surface area contributed by atoms with Gasteiger partial charge in [0, 0.05) is 39.2 Å². The van der Waals surface area contributed by atoms with Gasteiger partial charge in [-0.25, -0.2) is 0 Å². The Morgan fingerprint density at radius 2 is 2.10 bits per heavy atom. The lowest BCUT2D eigenvalue weighted by Crippen LogP contribution is -2.22. The Labute approximate surface area is 133 Å². The average Bonchev–Trinajstić information content (AvgIpc) is 2.86. The summed E-state index contributed by atoms with van der Waals surface area (Å²) in [6.45, 7) is 0.717. The van der Waals surface area contributed by atoms with E-state index < -0.39 is 0 Å². The highest BCUT2D eigenvalue weighted by Crippen LogP contribution is 2.35. The summed E-state index contributed by atoms with van der Waals surface area (Å²) in [4.78, 5) is 2.09. The van der Waals surface area contributed by atoms with E-state index in [0.29, 0.717) is 11.4 Å². The predicted octanol–water partition coefficient (Wildman–Crippen LogP) is 3.10. The SMILES string of the molecule is N#CC1=C(N)NC=C2CN(c3ccc(Br)c(Br)c3)C=C21. The van der Waals surface area contributed by atoms with E-state index in [0.717, 1.165) is 32.3 Å². The molecule has 0 unspecified atom stereocenters. The first-order valence-corrected chi connectivity index (χ1v) is 7.48. The van der Waals surface area contributed by atoms with Gasteiger partial charge in [-0.1, -0.05) is 0 Å². The number of benzene rings is 1. The second-order valence-electron chi connectivity index (χ2n) is 4.48. The van der Waals surface area contributed by atoms with Crippen molar-refractivity contribution in [2.45, 2.75) is 0 Å². The zero-order valence-electron chi connectivity index (χ0n) is 10.3. The first kappa shape index (κ1) is 13.3. The molecule has 0 aromatic heterocycles. The molecule has 2 heterocycles. The fourth-order valence-electron chi connectivity index (χ4n) is 2.23. The zero-order valence-corrected chi connectivity index (χ0v) is 13.5. The molecule has 0 spiro atoms. The lowest BCUT2D eigenvalue weighted by Gasteiger charge is -2.17. The number of nitrogens with two attached hydrogens (primary N) is 1. The Kier molecular flexibility index (Phi) is 3.32. The number of nitrogens with one attached hydrogen (secondary N) is 1. The molecule has 0 atom stereocenters.